The van der Waals surface area contributed by atoms with Crippen molar-refractivity contribution in [3.8, 4) is 12.1 Å². The van der Waals surface area contributed by atoms with Crippen LogP contribution in [0.1, 0.15) is 23.2 Å². The third kappa shape index (κ3) is 2.60. The third-order valence-corrected chi connectivity index (χ3v) is 2.61. The number of pyridine rings is 1. The summed E-state index contributed by atoms with van der Waals surface area (Å²) in [4.78, 5) is 3.63. The van der Waals surface area contributed by atoms with Crippen LogP contribution < -0.4 is 0 Å². The van der Waals surface area contributed by atoms with Crippen LogP contribution in [0.2, 0.25) is 0 Å². The average Bonchev–Trinajstić information content (AvgIpc) is 2.20. The zero-order valence-corrected chi connectivity index (χ0v) is 9.49. The number of nitriles is 2. The summed E-state index contributed by atoms with van der Waals surface area (Å²) >= 11 is 1.77. The maximum absolute atomic E-state index is 12.4. The van der Waals surface area contributed by atoms with Gasteiger partial charge in [-0.25, -0.2) is 13.8 Å². The Morgan fingerprint density at radius 1 is 1.47 bits per heavy atom. The van der Waals surface area contributed by atoms with Crippen LogP contribution in [0.5, 0.6) is 0 Å². The lowest BCUT2D eigenvalue weighted by atomic mass is 10.1. The molecule has 0 spiro atoms. The van der Waals surface area contributed by atoms with E-state index in [2.05, 4.69) is 4.98 Å². The third-order valence-electron chi connectivity index (χ3n) is 1.67. The molecule has 15 heavy (non-hydrogen) atoms. The lowest BCUT2D eigenvalue weighted by Gasteiger charge is -2.05. The number of nitrogens with zero attached hydrogens (tertiary/aromatic N) is 3. The summed E-state index contributed by atoms with van der Waals surface area (Å²) in [6.07, 6.45) is -2.71. The molecule has 0 radical (unpaired) electrons. The highest BCUT2D eigenvalue weighted by Gasteiger charge is 2.17. The molecule has 0 bridgehead atoms. The van der Waals surface area contributed by atoms with Crippen LogP contribution in [0.3, 0.4) is 0 Å². The molecule has 3 nitrogen and oxygen atoms in total. The van der Waals surface area contributed by atoms with E-state index in [1.165, 1.54) is 6.07 Å². The Kier molecular flexibility index (Phi) is 3.92. The van der Waals surface area contributed by atoms with Crippen molar-refractivity contribution in [1.29, 1.82) is 10.5 Å². The van der Waals surface area contributed by atoms with Crippen LogP contribution >= 0.6 is 22.6 Å². The molecule has 0 unspecified atom stereocenters. The van der Waals surface area contributed by atoms with E-state index in [0.717, 1.165) is 0 Å². The van der Waals surface area contributed by atoms with Crippen LogP contribution in [-0.2, 0) is 6.42 Å². The molecule has 1 rings (SSSR count). The quantitative estimate of drug-likeness (QED) is 0.622. The lowest BCUT2D eigenvalue weighted by molar-refractivity contribution is 0.145. The molecule has 0 saturated carbocycles. The summed E-state index contributed by atoms with van der Waals surface area (Å²) in [6, 6.07) is 4.82. The fourth-order valence-corrected chi connectivity index (χ4v) is 1.62. The second-order valence-corrected chi connectivity index (χ2v) is 3.64. The summed E-state index contributed by atoms with van der Waals surface area (Å²) in [6.45, 7) is 0. The second-order valence-electron chi connectivity index (χ2n) is 2.62. The highest BCUT2D eigenvalue weighted by Crippen LogP contribution is 2.23. The Bertz CT molecular complexity index is 460. The topological polar surface area (TPSA) is 60.5 Å². The molecule has 0 amide bonds. The molecular formula is C9H4F2IN3. The Morgan fingerprint density at radius 2 is 2.13 bits per heavy atom. The number of alkyl halides is 2. The van der Waals surface area contributed by atoms with Gasteiger partial charge < -0.3 is 0 Å². The van der Waals surface area contributed by atoms with Gasteiger partial charge in [-0.1, -0.05) is 0 Å². The van der Waals surface area contributed by atoms with Crippen LogP contribution in [0.25, 0.3) is 0 Å². The van der Waals surface area contributed by atoms with Gasteiger partial charge in [0.25, 0.3) is 6.43 Å². The maximum atomic E-state index is 12.4. The number of hydrogen-bond donors (Lipinski definition) is 0. The molecule has 0 aliphatic heterocycles. The first kappa shape index (κ1) is 11.8. The lowest BCUT2D eigenvalue weighted by Crippen LogP contribution is -2.01. The number of aromatic nitrogens is 1. The summed E-state index contributed by atoms with van der Waals surface area (Å²) in [7, 11) is 0. The first-order chi connectivity index (χ1) is 7.10. The van der Waals surface area contributed by atoms with Crippen LogP contribution in [0.4, 0.5) is 8.78 Å². The molecule has 0 saturated heterocycles. The van der Waals surface area contributed by atoms with E-state index >= 15 is 0 Å². The predicted octanol–water partition coefficient (Wildman–Crippen LogP) is 2.56. The summed E-state index contributed by atoms with van der Waals surface area (Å²) in [5.41, 5.74) is -0.196. The van der Waals surface area contributed by atoms with Crippen LogP contribution in [0.15, 0.2) is 6.07 Å². The monoisotopic (exact) mass is 319 g/mol. The largest absolute Gasteiger partial charge is 0.281 e. The minimum atomic E-state index is -2.77. The fraction of sp³-hybridized carbons (Fsp3) is 0.222. The van der Waals surface area contributed by atoms with E-state index in [0.29, 0.717) is 9.26 Å². The molecule has 1 aromatic heterocycles. The van der Waals surface area contributed by atoms with E-state index in [9.17, 15) is 8.78 Å². The minimum absolute atomic E-state index is 0.0590. The molecule has 0 aromatic carbocycles. The standard InChI is InChI=1S/C9H4F2IN3/c10-8(11)7-6(4-14)3-5(1-2-13)9(12)15-7/h3,8H,1H2. The van der Waals surface area contributed by atoms with Crippen molar-refractivity contribution in [1.82, 2.24) is 4.98 Å². The van der Waals surface area contributed by atoms with E-state index in [4.69, 9.17) is 10.5 Å². The van der Waals surface area contributed by atoms with Gasteiger partial charge in [-0.15, -0.1) is 0 Å². The average molecular weight is 319 g/mol. The molecule has 0 N–H and O–H groups in total. The second kappa shape index (κ2) is 4.99. The summed E-state index contributed by atoms with van der Waals surface area (Å²) in [5.74, 6) is 0. The van der Waals surface area contributed by atoms with Gasteiger partial charge in [-0.2, -0.15) is 10.5 Å². The number of hydrogen-bond acceptors (Lipinski definition) is 3. The highest BCUT2D eigenvalue weighted by atomic mass is 127. The fourth-order valence-electron chi connectivity index (χ4n) is 1.01. The van der Waals surface area contributed by atoms with Crippen LogP contribution in [0, 0.1) is 26.4 Å². The Labute approximate surface area is 98.5 Å². The van der Waals surface area contributed by atoms with Crippen molar-refractivity contribution in [3.63, 3.8) is 0 Å². The molecular weight excluding hydrogens is 315 g/mol. The van der Waals surface area contributed by atoms with Crippen molar-refractivity contribution in [3.05, 3.63) is 26.6 Å². The first-order valence-corrected chi connectivity index (χ1v) is 4.92. The van der Waals surface area contributed by atoms with Crippen molar-refractivity contribution in [2.45, 2.75) is 12.8 Å². The van der Waals surface area contributed by atoms with E-state index < -0.39 is 12.1 Å². The van der Waals surface area contributed by atoms with Crippen molar-refractivity contribution < 1.29 is 8.78 Å². The van der Waals surface area contributed by atoms with Gasteiger partial charge in [0.2, 0.25) is 0 Å². The molecule has 0 fully saturated rings. The van der Waals surface area contributed by atoms with Gasteiger partial charge in [-0.3, -0.25) is 0 Å². The molecule has 0 aliphatic rings. The number of rotatable bonds is 2. The van der Waals surface area contributed by atoms with Gasteiger partial charge in [0.15, 0.2) is 0 Å². The van der Waals surface area contributed by atoms with E-state index in [1.807, 2.05) is 6.07 Å². The SMILES string of the molecule is N#CCc1cc(C#N)c(C(F)F)nc1I. The predicted molar refractivity (Wildman–Crippen MR) is 55.9 cm³/mol. The van der Waals surface area contributed by atoms with Crippen molar-refractivity contribution in [2.75, 3.05) is 0 Å². The van der Waals surface area contributed by atoms with Gasteiger partial charge >= 0.3 is 0 Å². The van der Waals surface area contributed by atoms with E-state index in [-0.39, 0.29) is 12.0 Å². The molecule has 0 atom stereocenters. The highest BCUT2D eigenvalue weighted by molar-refractivity contribution is 14.1. The minimum Gasteiger partial charge on any atom is -0.239 e. The molecule has 76 valence electrons. The van der Waals surface area contributed by atoms with Gasteiger partial charge in [0.1, 0.15) is 15.5 Å². The maximum Gasteiger partial charge on any atom is 0.281 e. The molecule has 1 heterocycles. The van der Waals surface area contributed by atoms with E-state index in [1.54, 1.807) is 28.7 Å². The summed E-state index contributed by atoms with van der Waals surface area (Å²) < 4.78 is 25.2. The molecule has 6 heteroatoms. The zero-order valence-electron chi connectivity index (χ0n) is 7.34. The molecule has 0 aliphatic carbocycles. The van der Waals surface area contributed by atoms with Crippen molar-refractivity contribution in [2.24, 2.45) is 0 Å². The normalized spacial score (nSPS) is 9.73. The summed E-state index contributed by atoms with van der Waals surface area (Å²) in [5, 5.41) is 17.1. The molecule has 1 aromatic rings. The van der Waals surface area contributed by atoms with Gasteiger partial charge in [0, 0.05) is 0 Å². The Morgan fingerprint density at radius 3 is 2.60 bits per heavy atom. The van der Waals surface area contributed by atoms with Crippen molar-refractivity contribution >= 4 is 22.6 Å². The number of halogens is 3. The first-order valence-electron chi connectivity index (χ1n) is 3.84. The Hall–Kier alpha value is -1.28. The van der Waals surface area contributed by atoms with Crippen LogP contribution in [-0.4, -0.2) is 4.98 Å². The zero-order chi connectivity index (χ0) is 11.4. The van der Waals surface area contributed by atoms with Gasteiger partial charge in [-0.05, 0) is 34.2 Å². The van der Waals surface area contributed by atoms with Gasteiger partial charge in [0.05, 0.1) is 18.1 Å². The smallest absolute Gasteiger partial charge is 0.239 e. The Balaban J connectivity index is 3.32.